The smallest absolute Gasteiger partial charge is 0.270 e. The maximum Gasteiger partial charge on any atom is 0.270 e. The molecule has 0 bridgehead atoms. The highest BCUT2D eigenvalue weighted by Gasteiger charge is 2.29. The van der Waals surface area contributed by atoms with Gasteiger partial charge in [0.25, 0.3) is 5.91 Å². The van der Waals surface area contributed by atoms with Crippen molar-refractivity contribution in [1.82, 2.24) is 14.8 Å². The summed E-state index contributed by atoms with van der Waals surface area (Å²) in [4.78, 5) is 20.8. The van der Waals surface area contributed by atoms with E-state index in [0.29, 0.717) is 5.69 Å². The number of hydrogen-bond donors (Lipinski definition) is 1. The van der Waals surface area contributed by atoms with Gasteiger partial charge in [0, 0.05) is 24.0 Å². The molecule has 0 radical (unpaired) electrons. The standard InChI is InChI=1S/C23H27N3O/c1-25(2)16-17-10-12-18(13-11-17)22-9-5-6-14-26(22)23(27)21-15-19-7-3-4-8-20(19)24-21/h3-4,7-8,10-13,15,22,24H,5-6,9,14,16H2,1-2H3/t22-/m0/s1. The van der Waals surface area contributed by atoms with Crippen molar-refractivity contribution in [3.05, 3.63) is 71.4 Å². The van der Waals surface area contributed by atoms with Gasteiger partial charge in [-0.05, 0) is 56.6 Å². The number of amides is 1. The number of likely N-dealkylation sites (tertiary alicyclic amines) is 1. The maximum absolute atomic E-state index is 13.3. The third-order valence-electron chi connectivity index (χ3n) is 5.39. The lowest BCUT2D eigenvalue weighted by Gasteiger charge is -2.36. The fourth-order valence-electron chi connectivity index (χ4n) is 4.07. The van der Waals surface area contributed by atoms with Crippen LogP contribution in [0, 0.1) is 0 Å². The van der Waals surface area contributed by atoms with Gasteiger partial charge >= 0.3 is 0 Å². The van der Waals surface area contributed by atoms with E-state index in [1.54, 1.807) is 0 Å². The molecule has 140 valence electrons. The van der Waals surface area contributed by atoms with Crippen molar-refractivity contribution >= 4 is 16.8 Å². The van der Waals surface area contributed by atoms with Gasteiger partial charge in [-0.2, -0.15) is 0 Å². The lowest BCUT2D eigenvalue weighted by molar-refractivity contribution is 0.0606. The van der Waals surface area contributed by atoms with Crippen molar-refractivity contribution in [3.63, 3.8) is 0 Å². The van der Waals surface area contributed by atoms with Gasteiger partial charge < -0.3 is 14.8 Å². The van der Waals surface area contributed by atoms with Crippen LogP contribution in [0.3, 0.4) is 0 Å². The number of benzene rings is 2. The summed E-state index contributed by atoms with van der Waals surface area (Å²) in [6.07, 6.45) is 3.26. The molecule has 0 saturated carbocycles. The molecule has 1 aliphatic heterocycles. The summed E-state index contributed by atoms with van der Waals surface area (Å²) in [5.41, 5.74) is 4.24. The van der Waals surface area contributed by atoms with Crippen LogP contribution in [0.4, 0.5) is 0 Å². The molecule has 1 N–H and O–H groups in total. The SMILES string of the molecule is CN(C)Cc1ccc([C@@H]2CCCCN2C(=O)c2cc3ccccc3[nH]2)cc1. The maximum atomic E-state index is 13.3. The van der Waals surface area contributed by atoms with Crippen LogP contribution in [0.5, 0.6) is 0 Å². The first-order chi connectivity index (χ1) is 13.1. The Morgan fingerprint density at radius 1 is 1.11 bits per heavy atom. The van der Waals surface area contributed by atoms with E-state index < -0.39 is 0 Å². The lowest BCUT2D eigenvalue weighted by atomic mass is 9.94. The molecule has 0 unspecified atom stereocenters. The van der Waals surface area contributed by atoms with Crippen molar-refractivity contribution in [2.75, 3.05) is 20.6 Å². The Kier molecular flexibility index (Phi) is 4.99. The Labute approximate surface area is 160 Å². The molecule has 2 heterocycles. The van der Waals surface area contributed by atoms with Gasteiger partial charge in [-0.1, -0.05) is 42.5 Å². The number of fused-ring (bicyclic) bond motifs is 1. The molecule has 0 spiro atoms. The fraction of sp³-hybridized carbons (Fsp3) is 0.348. The Bertz CT molecular complexity index is 893. The number of aromatic amines is 1. The summed E-state index contributed by atoms with van der Waals surface area (Å²) >= 11 is 0. The molecule has 27 heavy (non-hydrogen) atoms. The number of carbonyl (C=O) groups excluding carboxylic acids is 1. The third kappa shape index (κ3) is 3.76. The zero-order valence-corrected chi connectivity index (χ0v) is 16.1. The predicted molar refractivity (Wildman–Crippen MR) is 110 cm³/mol. The number of nitrogens with zero attached hydrogens (tertiary/aromatic N) is 2. The van der Waals surface area contributed by atoms with Crippen LogP contribution in [0.2, 0.25) is 0 Å². The molecule has 1 fully saturated rings. The van der Waals surface area contributed by atoms with Crippen LogP contribution < -0.4 is 0 Å². The molecule has 1 aliphatic rings. The monoisotopic (exact) mass is 361 g/mol. The van der Waals surface area contributed by atoms with Crippen molar-refractivity contribution in [2.45, 2.75) is 31.8 Å². The van der Waals surface area contributed by atoms with E-state index in [1.165, 1.54) is 17.5 Å². The zero-order chi connectivity index (χ0) is 18.8. The normalized spacial score (nSPS) is 17.6. The molecule has 4 rings (SSSR count). The van der Waals surface area contributed by atoms with Crippen molar-refractivity contribution in [3.8, 4) is 0 Å². The minimum Gasteiger partial charge on any atom is -0.351 e. The van der Waals surface area contributed by atoms with E-state index in [2.05, 4.69) is 53.1 Å². The van der Waals surface area contributed by atoms with Crippen LogP contribution in [0.25, 0.3) is 10.9 Å². The second-order valence-electron chi connectivity index (χ2n) is 7.76. The minimum absolute atomic E-state index is 0.105. The Morgan fingerprint density at radius 2 is 1.89 bits per heavy atom. The molecular formula is C23H27N3O. The van der Waals surface area contributed by atoms with Gasteiger partial charge in [-0.3, -0.25) is 4.79 Å². The van der Waals surface area contributed by atoms with Crippen LogP contribution in [0.15, 0.2) is 54.6 Å². The molecule has 0 aliphatic carbocycles. The largest absolute Gasteiger partial charge is 0.351 e. The first-order valence-corrected chi connectivity index (χ1v) is 9.74. The second-order valence-corrected chi connectivity index (χ2v) is 7.76. The Balaban J connectivity index is 1.59. The van der Waals surface area contributed by atoms with E-state index in [4.69, 9.17) is 0 Å². The minimum atomic E-state index is 0.105. The molecule has 1 saturated heterocycles. The zero-order valence-electron chi connectivity index (χ0n) is 16.1. The van der Waals surface area contributed by atoms with Crippen molar-refractivity contribution < 1.29 is 4.79 Å². The number of H-pyrrole nitrogens is 1. The highest BCUT2D eigenvalue weighted by Crippen LogP contribution is 2.32. The summed E-state index contributed by atoms with van der Waals surface area (Å²) in [6, 6.07) is 19.0. The first-order valence-electron chi connectivity index (χ1n) is 9.74. The van der Waals surface area contributed by atoms with Gasteiger partial charge in [0.1, 0.15) is 5.69 Å². The topological polar surface area (TPSA) is 39.3 Å². The molecule has 2 aromatic carbocycles. The molecular weight excluding hydrogens is 334 g/mol. The first kappa shape index (κ1) is 17.8. The van der Waals surface area contributed by atoms with Gasteiger partial charge in [0.2, 0.25) is 0 Å². The van der Waals surface area contributed by atoms with Crippen LogP contribution >= 0.6 is 0 Å². The summed E-state index contributed by atoms with van der Waals surface area (Å²) in [5.74, 6) is 0.105. The number of hydrogen-bond acceptors (Lipinski definition) is 2. The van der Waals surface area contributed by atoms with Crippen LogP contribution in [-0.2, 0) is 6.54 Å². The average Bonchev–Trinajstić information content (AvgIpc) is 3.12. The predicted octanol–water partition coefficient (Wildman–Crippen LogP) is 4.60. The fourth-order valence-corrected chi connectivity index (χ4v) is 4.07. The molecule has 3 aromatic rings. The summed E-state index contributed by atoms with van der Waals surface area (Å²) in [7, 11) is 4.16. The Morgan fingerprint density at radius 3 is 2.63 bits per heavy atom. The van der Waals surface area contributed by atoms with Crippen LogP contribution in [-0.4, -0.2) is 41.3 Å². The second kappa shape index (κ2) is 7.57. The highest BCUT2D eigenvalue weighted by molar-refractivity contribution is 5.98. The van der Waals surface area contributed by atoms with Gasteiger partial charge in [-0.25, -0.2) is 0 Å². The number of piperidine rings is 1. The molecule has 1 aromatic heterocycles. The van der Waals surface area contributed by atoms with Crippen molar-refractivity contribution in [1.29, 1.82) is 0 Å². The average molecular weight is 361 g/mol. The quantitative estimate of drug-likeness (QED) is 0.738. The number of carbonyl (C=O) groups is 1. The number of rotatable bonds is 4. The summed E-state index contributed by atoms with van der Waals surface area (Å²) in [6.45, 7) is 1.75. The third-order valence-corrected chi connectivity index (χ3v) is 5.39. The van der Waals surface area contributed by atoms with E-state index in [1.807, 2.05) is 30.3 Å². The molecule has 1 amide bonds. The van der Waals surface area contributed by atoms with Crippen LogP contribution in [0.1, 0.15) is 46.9 Å². The molecule has 4 heteroatoms. The van der Waals surface area contributed by atoms with E-state index in [0.717, 1.165) is 36.8 Å². The van der Waals surface area contributed by atoms with Crippen molar-refractivity contribution in [2.24, 2.45) is 0 Å². The van der Waals surface area contributed by atoms with E-state index >= 15 is 0 Å². The number of para-hydroxylation sites is 1. The number of nitrogens with one attached hydrogen (secondary N) is 1. The lowest BCUT2D eigenvalue weighted by Crippen LogP contribution is -2.38. The molecule has 4 nitrogen and oxygen atoms in total. The van der Waals surface area contributed by atoms with Gasteiger partial charge in [-0.15, -0.1) is 0 Å². The summed E-state index contributed by atoms with van der Waals surface area (Å²) < 4.78 is 0. The van der Waals surface area contributed by atoms with E-state index in [-0.39, 0.29) is 11.9 Å². The van der Waals surface area contributed by atoms with Gasteiger partial charge in [0.15, 0.2) is 0 Å². The molecule has 1 atom stereocenters. The van der Waals surface area contributed by atoms with E-state index in [9.17, 15) is 4.79 Å². The summed E-state index contributed by atoms with van der Waals surface area (Å²) in [5, 5.41) is 1.09. The highest BCUT2D eigenvalue weighted by atomic mass is 16.2. The van der Waals surface area contributed by atoms with Gasteiger partial charge in [0.05, 0.1) is 6.04 Å². The number of aromatic nitrogens is 1. The Hall–Kier alpha value is -2.59.